The van der Waals surface area contributed by atoms with Crippen LogP contribution in [-0.2, 0) is 42.0 Å². The van der Waals surface area contributed by atoms with Gasteiger partial charge < -0.3 is 5.48 Å². The van der Waals surface area contributed by atoms with E-state index in [4.69, 9.17) is 0 Å². The topological polar surface area (TPSA) is 28.5 Å². The van der Waals surface area contributed by atoms with E-state index in [-0.39, 0.29) is 59.4 Å². The molecule has 0 saturated heterocycles. The molecule has 0 heterocycles. The van der Waals surface area contributed by atoms with Crippen LogP contribution in [0, 0.1) is 0 Å². The van der Waals surface area contributed by atoms with E-state index in [1.165, 1.54) is 0 Å². The van der Waals surface area contributed by atoms with Gasteiger partial charge in [-0.15, -0.1) is 0 Å². The van der Waals surface area contributed by atoms with Gasteiger partial charge in [-0.1, -0.05) is 0 Å². The van der Waals surface area contributed by atoms with Gasteiger partial charge in [0.25, 0.3) is 0 Å². The third kappa shape index (κ3) is 9.44. The Labute approximate surface area is 59.2 Å². The molecule has 0 amide bonds. The fourth-order valence-electron chi connectivity index (χ4n) is 0. The van der Waals surface area contributed by atoms with Crippen molar-refractivity contribution in [3.05, 3.63) is 0 Å². The summed E-state index contributed by atoms with van der Waals surface area (Å²) in [5.41, 5.74) is 0. The standard InChI is InChI=1S/Al.Fe.O.Zn/q+3;+2;-2;+2. The van der Waals surface area contributed by atoms with Crippen LogP contribution in [0.5, 0.6) is 0 Å². The molecule has 0 rings (SSSR count). The Balaban J connectivity index is 0. The van der Waals surface area contributed by atoms with Crippen molar-refractivity contribution >= 4 is 17.4 Å². The van der Waals surface area contributed by atoms with Crippen molar-refractivity contribution in [1.29, 1.82) is 0 Å². The van der Waals surface area contributed by atoms with Crippen LogP contribution in [-0.4, -0.2) is 17.4 Å². The molecule has 0 aliphatic carbocycles. The first-order valence-electron chi connectivity index (χ1n) is 0. The summed E-state index contributed by atoms with van der Waals surface area (Å²) >= 11 is 0. The van der Waals surface area contributed by atoms with Crippen molar-refractivity contribution in [2.24, 2.45) is 0 Å². The fraction of sp³-hybridized carbons (Fsp3) is 0. The van der Waals surface area contributed by atoms with Crippen LogP contribution < -0.4 is 0 Å². The normalized spacial score (nSPS) is 0. The average Bonchev–Trinajstić information content (AvgIpc) is 0. The Morgan fingerprint density at radius 2 is 1.00 bits per heavy atom. The number of hydrogen-bond acceptors (Lipinski definition) is 0. The molecule has 0 aromatic heterocycles. The monoisotopic (exact) mass is 163 g/mol. The van der Waals surface area contributed by atoms with Gasteiger partial charge in [0.05, 0.1) is 0 Å². The van der Waals surface area contributed by atoms with Gasteiger partial charge in [0.2, 0.25) is 0 Å². The van der Waals surface area contributed by atoms with Gasteiger partial charge in [-0.2, -0.15) is 0 Å². The van der Waals surface area contributed by atoms with Gasteiger partial charge in [0, 0.05) is 0 Å². The van der Waals surface area contributed by atoms with Gasteiger partial charge >= 0.3 is 53.9 Å². The van der Waals surface area contributed by atoms with Crippen molar-refractivity contribution in [3.63, 3.8) is 0 Å². The quantitative estimate of drug-likeness (QED) is 0.432. The predicted molar refractivity (Wildman–Crippen MR) is 6.44 cm³/mol. The van der Waals surface area contributed by atoms with Gasteiger partial charge in [0.1, 0.15) is 0 Å². The minimum Gasteiger partial charge on any atom is -2.00 e. The molecule has 0 spiro atoms. The Morgan fingerprint density at radius 3 is 1.00 bits per heavy atom. The molecular formula is AlFeOZn+5. The molecule has 4 heteroatoms. The molecule has 0 aromatic carbocycles. The van der Waals surface area contributed by atoms with Crippen LogP contribution >= 0.6 is 0 Å². The Kier molecular flexibility index (Phi) is 259. The number of rotatable bonds is 0. The smallest absolute Gasteiger partial charge is 2.00 e. The molecule has 0 bridgehead atoms. The summed E-state index contributed by atoms with van der Waals surface area (Å²) in [5, 5.41) is 0. The van der Waals surface area contributed by atoms with Crippen LogP contribution in [0.1, 0.15) is 0 Å². The zero-order chi connectivity index (χ0) is 0. The summed E-state index contributed by atoms with van der Waals surface area (Å²) in [6.45, 7) is 0. The maximum atomic E-state index is 0. The molecule has 1 nitrogen and oxygen atoms in total. The summed E-state index contributed by atoms with van der Waals surface area (Å²) in [7, 11) is 0. The summed E-state index contributed by atoms with van der Waals surface area (Å²) in [6.07, 6.45) is 0. The molecule has 4 heavy (non-hydrogen) atoms. The van der Waals surface area contributed by atoms with Crippen molar-refractivity contribution in [2.45, 2.75) is 0 Å². The molecule has 0 radical (unpaired) electrons. The Morgan fingerprint density at radius 1 is 1.00 bits per heavy atom. The van der Waals surface area contributed by atoms with E-state index in [1.807, 2.05) is 0 Å². The molecule has 0 N–H and O–H groups in total. The van der Waals surface area contributed by atoms with E-state index in [0.717, 1.165) is 0 Å². The van der Waals surface area contributed by atoms with E-state index in [1.54, 1.807) is 0 Å². The van der Waals surface area contributed by atoms with Crippen molar-refractivity contribution in [1.82, 2.24) is 0 Å². The molecular weight excluding hydrogens is 164 g/mol. The second kappa shape index (κ2) is 22.9. The minimum atomic E-state index is 0. The Bertz CT molecular complexity index is 8.00. The molecule has 0 unspecified atom stereocenters. The first-order valence-corrected chi connectivity index (χ1v) is 0. The van der Waals surface area contributed by atoms with Gasteiger partial charge in [0.15, 0.2) is 0 Å². The molecule has 0 fully saturated rings. The molecule has 14 valence electrons. The molecule has 0 atom stereocenters. The molecule has 0 aliphatic rings. The van der Waals surface area contributed by atoms with Crippen molar-refractivity contribution < 1.29 is 42.0 Å². The van der Waals surface area contributed by atoms with Gasteiger partial charge in [-0.05, 0) is 0 Å². The minimum absolute atomic E-state index is 0. The average molecular weight is 164 g/mol. The van der Waals surface area contributed by atoms with Crippen LogP contribution in [0.2, 0.25) is 0 Å². The fourth-order valence-corrected chi connectivity index (χ4v) is 0. The Hall–Kier alpha value is 1.64. The van der Waals surface area contributed by atoms with Gasteiger partial charge in [-0.25, -0.2) is 0 Å². The summed E-state index contributed by atoms with van der Waals surface area (Å²) in [4.78, 5) is 0. The third-order valence-electron chi connectivity index (χ3n) is 0. The van der Waals surface area contributed by atoms with Crippen molar-refractivity contribution in [3.8, 4) is 0 Å². The summed E-state index contributed by atoms with van der Waals surface area (Å²) in [6, 6.07) is 0. The van der Waals surface area contributed by atoms with E-state index in [0.29, 0.717) is 0 Å². The summed E-state index contributed by atoms with van der Waals surface area (Å²) in [5.74, 6) is 0. The van der Waals surface area contributed by atoms with Crippen LogP contribution in [0.25, 0.3) is 0 Å². The zero-order valence-electron chi connectivity index (χ0n) is 2.05. The third-order valence-corrected chi connectivity index (χ3v) is 0. The van der Waals surface area contributed by atoms with Crippen LogP contribution in [0.15, 0.2) is 0 Å². The maximum Gasteiger partial charge on any atom is 3.00 e. The van der Waals surface area contributed by atoms with Crippen molar-refractivity contribution in [2.75, 3.05) is 0 Å². The largest absolute Gasteiger partial charge is 3.00 e. The molecule has 0 saturated carbocycles. The second-order valence-electron chi connectivity index (χ2n) is 0. The van der Waals surface area contributed by atoms with E-state index < -0.39 is 0 Å². The SMILES string of the molecule is [Al+3].[Fe+2].[O-2].[Zn+2]. The van der Waals surface area contributed by atoms with E-state index in [2.05, 4.69) is 0 Å². The molecule has 0 aromatic rings. The predicted octanol–water partition coefficient (Wildman–Crippen LogP) is -0.505. The van der Waals surface area contributed by atoms with Crippen LogP contribution in [0.4, 0.5) is 0 Å². The van der Waals surface area contributed by atoms with E-state index >= 15 is 0 Å². The van der Waals surface area contributed by atoms with E-state index in [9.17, 15) is 0 Å². The second-order valence-corrected chi connectivity index (χ2v) is 0. The first kappa shape index (κ1) is 45.3. The summed E-state index contributed by atoms with van der Waals surface area (Å²) < 4.78 is 0. The first-order chi connectivity index (χ1) is 0. The molecule has 0 aliphatic heterocycles. The number of hydrogen-bond donors (Lipinski definition) is 0. The van der Waals surface area contributed by atoms with Gasteiger partial charge in [-0.3, -0.25) is 0 Å². The zero-order valence-corrected chi connectivity index (χ0v) is 7.27. The van der Waals surface area contributed by atoms with Crippen LogP contribution in [0.3, 0.4) is 0 Å². The maximum absolute atomic E-state index is 0.